The Bertz CT molecular complexity index is 669. The molecule has 0 aliphatic heterocycles. The molecule has 0 fully saturated rings. The minimum atomic E-state index is -1.72. The third-order valence-electron chi connectivity index (χ3n) is 2.25. The molecule has 8 heteroatoms. The molecule has 0 N–H and O–H groups in total. The maximum atomic E-state index is 13.5. The van der Waals surface area contributed by atoms with Gasteiger partial charge in [0.15, 0.2) is 17.4 Å². The van der Waals surface area contributed by atoms with E-state index >= 15 is 0 Å². The van der Waals surface area contributed by atoms with Gasteiger partial charge in [0, 0.05) is 11.1 Å². The summed E-state index contributed by atoms with van der Waals surface area (Å²) >= 11 is 17.2. The highest BCUT2D eigenvalue weighted by atomic mass is 35.5. The maximum absolute atomic E-state index is 13.5. The van der Waals surface area contributed by atoms with Crippen molar-refractivity contribution in [3.63, 3.8) is 0 Å². The van der Waals surface area contributed by atoms with Gasteiger partial charge in [0.1, 0.15) is 0 Å². The van der Waals surface area contributed by atoms with Crippen molar-refractivity contribution in [2.45, 2.75) is 0 Å². The molecule has 0 atom stereocenters. The quantitative estimate of drug-likeness (QED) is 0.658. The molecule has 0 unspecified atom stereocenters. The molecule has 0 aliphatic rings. The Morgan fingerprint density at radius 1 is 0.850 bits per heavy atom. The standard InChI is InChI=1S/C12H3Cl3F3O2/c13-4-1-5(14)11(6(15)2-4)20-12-8(17)3-7(16)10(19)9(12)18/h1-3H. The fourth-order valence-electron chi connectivity index (χ4n) is 1.38. The predicted octanol–water partition coefficient (Wildman–Crippen LogP) is 6.00. The van der Waals surface area contributed by atoms with Crippen molar-refractivity contribution >= 4 is 34.8 Å². The lowest BCUT2D eigenvalue weighted by atomic mass is 10.2. The normalized spacial score (nSPS) is 10.7. The molecule has 2 rings (SSSR count). The fourth-order valence-corrected chi connectivity index (χ4v) is 2.27. The second-order valence-corrected chi connectivity index (χ2v) is 4.86. The van der Waals surface area contributed by atoms with Crippen molar-refractivity contribution in [2.24, 2.45) is 0 Å². The Balaban J connectivity index is 2.54. The molecule has 2 aromatic carbocycles. The Labute approximate surface area is 126 Å². The Kier molecular flexibility index (Phi) is 4.22. The second-order valence-electron chi connectivity index (χ2n) is 3.61. The summed E-state index contributed by atoms with van der Waals surface area (Å²) < 4.78 is 44.7. The predicted molar refractivity (Wildman–Crippen MR) is 68.0 cm³/mol. The highest BCUT2D eigenvalue weighted by Crippen LogP contribution is 2.41. The summed E-state index contributed by atoms with van der Waals surface area (Å²) in [7, 11) is 0. The Morgan fingerprint density at radius 3 is 1.95 bits per heavy atom. The van der Waals surface area contributed by atoms with E-state index in [0.29, 0.717) is 0 Å². The summed E-state index contributed by atoms with van der Waals surface area (Å²) in [6, 6.07) is 2.65. The Hall–Kier alpha value is -1.30. The van der Waals surface area contributed by atoms with E-state index in [-0.39, 0.29) is 26.9 Å². The smallest absolute Gasteiger partial charge is 0.253 e. The van der Waals surface area contributed by atoms with Crippen LogP contribution < -0.4 is 4.74 Å². The number of hydrogen-bond donors (Lipinski definition) is 0. The first-order valence-corrected chi connectivity index (χ1v) is 6.11. The van der Waals surface area contributed by atoms with Crippen LogP contribution in [0.2, 0.25) is 15.1 Å². The molecule has 1 radical (unpaired) electrons. The highest BCUT2D eigenvalue weighted by Gasteiger charge is 2.23. The second kappa shape index (κ2) is 5.60. The monoisotopic (exact) mass is 341 g/mol. The van der Waals surface area contributed by atoms with Crippen LogP contribution >= 0.6 is 34.8 Å². The summed E-state index contributed by atoms with van der Waals surface area (Å²) in [4.78, 5) is 0. The van der Waals surface area contributed by atoms with Crippen molar-refractivity contribution in [3.8, 4) is 17.2 Å². The van der Waals surface area contributed by atoms with Crippen LogP contribution in [0.4, 0.5) is 13.2 Å². The molecule has 0 saturated heterocycles. The molecule has 0 amide bonds. The third-order valence-corrected chi connectivity index (χ3v) is 3.03. The van der Waals surface area contributed by atoms with Crippen LogP contribution in [0, 0.1) is 17.5 Å². The van der Waals surface area contributed by atoms with Crippen molar-refractivity contribution < 1.29 is 23.0 Å². The van der Waals surface area contributed by atoms with Crippen LogP contribution in [-0.2, 0) is 5.11 Å². The summed E-state index contributed by atoms with van der Waals surface area (Å²) in [6.45, 7) is 0. The topological polar surface area (TPSA) is 29.1 Å². The SMILES string of the molecule is [O]c1c(F)cc(F)c(Oc2c(Cl)cc(Cl)cc2Cl)c1F. The van der Waals surface area contributed by atoms with Crippen molar-refractivity contribution in [3.05, 3.63) is 50.7 Å². The number of ether oxygens (including phenoxy) is 1. The minimum absolute atomic E-state index is 0.127. The van der Waals surface area contributed by atoms with Gasteiger partial charge in [-0.05, 0) is 12.1 Å². The van der Waals surface area contributed by atoms with Gasteiger partial charge in [0.2, 0.25) is 11.6 Å². The average molecular weight is 343 g/mol. The van der Waals surface area contributed by atoms with Crippen molar-refractivity contribution in [1.82, 2.24) is 0 Å². The highest BCUT2D eigenvalue weighted by molar-refractivity contribution is 6.40. The van der Waals surface area contributed by atoms with E-state index in [0.717, 1.165) is 0 Å². The van der Waals surface area contributed by atoms with E-state index in [1.165, 1.54) is 12.1 Å². The van der Waals surface area contributed by atoms with Crippen LogP contribution in [0.25, 0.3) is 0 Å². The average Bonchev–Trinajstić information content (AvgIpc) is 2.34. The molecule has 2 nitrogen and oxygen atoms in total. The largest absolute Gasteiger partial charge is 0.448 e. The molecule has 105 valence electrons. The molecule has 20 heavy (non-hydrogen) atoms. The van der Waals surface area contributed by atoms with Gasteiger partial charge in [-0.3, -0.25) is 5.11 Å². The number of halogens is 6. The van der Waals surface area contributed by atoms with Crippen molar-refractivity contribution in [1.29, 1.82) is 0 Å². The summed E-state index contributed by atoms with van der Waals surface area (Å²) in [5.41, 5.74) is 0. The first-order valence-electron chi connectivity index (χ1n) is 4.98. The zero-order valence-corrected chi connectivity index (χ0v) is 11.6. The maximum Gasteiger partial charge on any atom is 0.253 e. The molecule has 0 heterocycles. The molecule has 2 aromatic rings. The molecular formula is C12H3Cl3F3O2. The van der Waals surface area contributed by atoms with Crippen LogP contribution in [0.3, 0.4) is 0 Å². The number of benzene rings is 2. The van der Waals surface area contributed by atoms with Crippen LogP contribution in [0.1, 0.15) is 0 Å². The van der Waals surface area contributed by atoms with Gasteiger partial charge >= 0.3 is 0 Å². The van der Waals surface area contributed by atoms with E-state index in [1.807, 2.05) is 0 Å². The van der Waals surface area contributed by atoms with Gasteiger partial charge < -0.3 is 4.74 Å². The van der Waals surface area contributed by atoms with Gasteiger partial charge in [-0.2, -0.15) is 4.39 Å². The lowest BCUT2D eigenvalue weighted by Gasteiger charge is -2.11. The molecule has 0 aliphatic carbocycles. The first-order chi connectivity index (χ1) is 9.31. The molecular weight excluding hydrogens is 339 g/mol. The van der Waals surface area contributed by atoms with Gasteiger partial charge in [-0.25, -0.2) is 8.78 Å². The van der Waals surface area contributed by atoms with Crippen LogP contribution in [-0.4, -0.2) is 0 Å². The molecule has 0 saturated carbocycles. The summed E-state index contributed by atoms with van der Waals surface area (Å²) in [6.07, 6.45) is 0. The van der Waals surface area contributed by atoms with Gasteiger partial charge in [-0.15, -0.1) is 0 Å². The van der Waals surface area contributed by atoms with E-state index in [1.54, 1.807) is 0 Å². The summed E-state index contributed by atoms with van der Waals surface area (Å²) in [5.74, 6) is -7.71. The van der Waals surface area contributed by atoms with E-state index in [2.05, 4.69) is 0 Å². The van der Waals surface area contributed by atoms with Gasteiger partial charge in [0.05, 0.1) is 10.0 Å². The van der Waals surface area contributed by atoms with Crippen LogP contribution in [0.15, 0.2) is 18.2 Å². The third kappa shape index (κ3) is 2.75. The van der Waals surface area contributed by atoms with E-state index in [9.17, 15) is 18.3 Å². The van der Waals surface area contributed by atoms with E-state index in [4.69, 9.17) is 39.5 Å². The number of rotatable bonds is 2. The fraction of sp³-hybridized carbons (Fsp3) is 0. The molecule has 0 spiro atoms. The lowest BCUT2D eigenvalue weighted by molar-refractivity contribution is 0.291. The van der Waals surface area contributed by atoms with E-state index < -0.39 is 29.0 Å². The Morgan fingerprint density at radius 2 is 1.40 bits per heavy atom. The first kappa shape index (κ1) is 15.1. The lowest BCUT2D eigenvalue weighted by Crippen LogP contribution is -1.96. The molecule has 0 aromatic heterocycles. The van der Waals surface area contributed by atoms with Crippen LogP contribution in [0.5, 0.6) is 17.2 Å². The van der Waals surface area contributed by atoms with Gasteiger partial charge in [-0.1, -0.05) is 34.8 Å². The summed E-state index contributed by atoms with van der Waals surface area (Å²) in [5, 5.41) is 11.0. The molecule has 0 bridgehead atoms. The van der Waals surface area contributed by atoms with Crippen molar-refractivity contribution in [2.75, 3.05) is 0 Å². The minimum Gasteiger partial charge on any atom is -0.448 e. The zero-order valence-electron chi connectivity index (χ0n) is 9.32. The number of hydrogen-bond acceptors (Lipinski definition) is 1. The zero-order chi connectivity index (χ0) is 15.0. The van der Waals surface area contributed by atoms with Gasteiger partial charge in [0.25, 0.3) is 5.75 Å².